The van der Waals surface area contributed by atoms with Gasteiger partial charge in [-0.25, -0.2) is 4.39 Å². The number of carbonyl (C=O) groups excluding carboxylic acids is 1. The second-order valence-electron chi connectivity index (χ2n) is 2.52. The van der Waals surface area contributed by atoms with Gasteiger partial charge in [0.05, 0.1) is 0 Å². The highest BCUT2D eigenvalue weighted by molar-refractivity contribution is 7.99. The van der Waals surface area contributed by atoms with Gasteiger partial charge in [-0.15, -0.1) is 0 Å². The third-order valence-corrected chi connectivity index (χ3v) is 2.62. The van der Waals surface area contributed by atoms with Crippen molar-refractivity contribution in [3.05, 3.63) is 11.6 Å². The highest BCUT2D eigenvalue weighted by Gasteiger charge is 2.11. The molecule has 0 fully saturated rings. The van der Waals surface area contributed by atoms with Crippen molar-refractivity contribution in [2.75, 3.05) is 24.7 Å². The molecular formula is C8H12FNOS. The molecule has 1 aliphatic heterocycles. The zero-order valence-corrected chi connectivity index (χ0v) is 7.62. The first-order chi connectivity index (χ1) is 5.84. The molecule has 0 aromatic heterocycles. The zero-order chi connectivity index (χ0) is 8.81. The molecule has 0 aromatic carbocycles. The number of hydrogen-bond acceptors (Lipinski definition) is 2. The van der Waals surface area contributed by atoms with Gasteiger partial charge in [-0.2, -0.15) is 11.8 Å². The van der Waals surface area contributed by atoms with Gasteiger partial charge in [-0.1, -0.05) is 6.08 Å². The number of halogens is 1. The van der Waals surface area contributed by atoms with Crippen molar-refractivity contribution in [2.24, 2.45) is 0 Å². The van der Waals surface area contributed by atoms with E-state index in [-0.39, 0.29) is 12.5 Å². The molecule has 0 aliphatic carbocycles. The Bertz CT molecular complexity index is 193. The van der Waals surface area contributed by atoms with Crippen molar-refractivity contribution in [3.8, 4) is 0 Å². The predicted octanol–water partition coefficient (Wildman–Crippen LogP) is 1.14. The topological polar surface area (TPSA) is 29.1 Å². The lowest BCUT2D eigenvalue weighted by Gasteiger charge is -2.11. The van der Waals surface area contributed by atoms with E-state index in [2.05, 4.69) is 5.32 Å². The standard InChI is InChI=1S/C8H12FNOS/c9-3-4-10-8(11)7-2-1-5-12-6-7/h2H,1,3-6H2,(H,10,11). The minimum Gasteiger partial charge on any atom is -0.350 e. The fourth-order valence-electron chi connectivity index (χ4n) is 0.990. The first-order valence-corrected chi connectivity index (χ1v) is 5.11. The van der Waals surface area contributed by atoms with E-state index in [0.717, 1.165) is 23.5 Å². The van der Waals surface area contributed by atoms with Gasteiger partial charge in [-0.3, -0.25) is 4.79 Å². The van der Waals surface area contributed by atoms with Crippen LogP contribution in [-0.4, -0.2) is 30.6 Å². The van der Waals surface area contributed by atoms with Gasteiger partial charge in [0.25, 0.3) is 0 Å². The number of amides is 1. The van der Waals surface area contributed by atoms with Crippen LogP contribution < -0.4 is 5.32 Å². The molecule has 0 saturated heterocycles. The number of thioether (sulfide) groups is 1. The summed E-state index contributed by atoms with van der Waals surface area (Å²) >= 11 is 1.74. The molecule has 1 heterocycles. The summed E-state index contributed by atoms with van der Waals surface area (Å²) in [6.07, 6.45) is 2.88. The number of rotatable bonds is 3. The summed E-state index contributed by atoms with van der Waals surface area (Å²) in [5.41, 5.74) is 0.791. The van der Waals surface area contributed by atoms with E-state index >= 15 is 0 Å². The van der Waals surface area contributed by atoms with E-state index in [1.807, 2.05) is 6.08 Å². The molecule has 2 nitrogen and oxygen atoms in total. The Labute approximate surface area is 75.6 Å². The summed E-state index contributed by atoms with van der Waals surface area (Å²) in [6, 6.07) is 0. The highest BCUT2D eigenvalue weighted by atomic mass is 32.2. The van der Waals surface area contributed by atoms with Crippen LogP contribution in [0.5, 0.6) is 0 Å². The molecule has 12 heavy (non-hydrogen) atoms. The lowest BCUT2D eigenvalue weighted by atomic mass is 10.2. The van der Waals surface area contributed by atoms with Gasteiger partial charge in [0, 0.05) is 17.9 Å². The van der Waals surface area contributed by atoms with Crippen LogP contribution in [-0.2, 0) is 4.79 Å². The van der Waals surface area contributed by atoms with Crippen molar-refractivity contribution in [3.63, 3.8) is 0 Å². The number of hydrogen-bond donors (Lipinski definition) is 1. The van der Waals surface area contributed by atoms with Crippen molar-refractivity contribution >= 4 is 17.7 Å². The summed E-state index contributed by atoms with van der Waals surface area (Å²) < 4.78 is 11.7. The van der Waals surface area contributed by atoms with E-state index < -0.39 is 6.67 Å². The number of carbonyl (C=O) groups is 1. The summed E-state index contributed by atoms with van der Waals surface area (Å²) in [5, 5.41) is 2.51. The summed E-state index contributed by atoms with van der Waals surface area (Å²) in [7, 11) is 0. The smallest absolute Gasteiger partial charge is 0.247 e. The van der Waals surface area contributed by atoms with Gasteiger partial charge in [0.15, 0.2) is 0 Å². The van der Waals surface area contributed by atoms with Crippen molar-refractivity contribution in [2.45, 2.75) is 6.42 Å². The predicted molar refractivity (Wildman–Crippen MR) is 49.0 cm³/mol. The molecule has 0 unspecified atom stereocenters. The third-order valence-electron chi connectivity index (χ3n) is 1.58. The first-order valence-electron chi connectivity index (χ1n) is 3.95. The SMILES string of the molecule is O=C(NCCF)C1=CCCSC1. The first kappa shape index (κ1) is 9.58. The maximum absolute atomic E-state index is 11.7. The van der Waals surface area contributed by atoms with Crippen LogP contribution in [0.2, 0.25) is 0 Å². The number of alkyl halides is 1. The Balaban J connectivity index is 2.35. The van der Waals surface area contributed by atoms with Crippen LogP contribution in [0.1, 0.15) is 6.42 Å². The normalized spacial score (nSPS) is 16.9. The van der Waals surface area contributed by atoms with Gasteiger partial charge < -0.3 is 5.32 Å². The molecule has 0 aromatic rings. The van der Waals surface area contributed by atoms with E-state index in [9.17, 15) is 9.18 Å². The van der Waals surface area contributed by atoms with Crippen LogP contribution in [0.3, 0.4) is 0 Å². The fourth-order valence-corrected chi connectivity index (χ4v) is 1.89. The Hall–Kier alpha value is -0.510. The molecular weight excluding hydrogens is 177 g/mol. The second kappa shape index (κ2) is 5.19. The van der Waals surface area contributed by atoms with Gasteiger partial charge >= 0.3 is 0 Å². The van der Waals surface area contributed by atoms with Crippen molar-refractivity contribution in [1.82, 2.24) is 5.32 Å². The van der Waals surface area contributed by atoms with E-state index in [0.29, 0.717) is 0 Å². The second-order valence-corrected chi connectivity index (χ2v) is 3.62. The van der Waals surface area contributed by atoms with E-state index in [1.165, 1.54) is 0 Å². The molecule has 0 bridgehead atoms. The quantitative estimate of drug-likeness (QED) is 0.721. The Morgan fingerprint density at radius 1 is 1.75 bits per heavy atom. The van der Waals surface area contributed by atoms with E-state index in [1.54, 1.807) is 11.8 Å². The maximum atomic E-state index is 11.7. The molecule has 0 saturated carbocycles. The molecule has 1 N–H and O–H groups in total. The Morgan fingerprint density at radius 3 is 3.17 bits per heavy atom. The minimum absolute atomic E-state index is 0.111. The summed E-state index contributed by atoms with van der Waals surface area (Å²) in [4.78, 5) is 11.2. The van der Waals surface area contributed by atoms with E-state index in [4.69, 9.17) is 0 Å². The number of nitrogens with one attached hydrogen (secondary N) is 1. The van der Waals surface area contributed by atoms with Gasteiger partial charge in [-0.05, 0) is 12.2 Å². The number of allylic oxidation sites excluding steroid dienone is 1. The molecule has 68 valence electrons. The lowest BCUT2D eigenvalue weighted by molar-refractivity contribution is -0.117. The Morgan fingerprint density at radius 2 is 2.58 bits per heavy atom. The molecule has 1 rings (SSSR count). The van der Waals surface area contributed by atoms with Gasteiger partial charge in [0.2, 0.25) is 5.91 Å². The Kier molecular flexibility index (Phi) is 4.14. The highest BCUT2D eigenvalue weighted by Crippen LogP contribution is 2.16. The molecule has 0 atom stereocenters. The lowest BCUT2D eigenvalue weighted by Crippen LogP contribution is -2.28. The van der Waals surface area contributed by atoms with Crippen molar-refractivity contribution < 1.29 is 9.18 Å². The van der Waals surface area contributed by atoms with Crippen LogP contribution >= 0.6 is 11.8 Å². The molecule has 0 radical (unpaired) electrons. The van der Waals surface area contributed by atoms with Crippen LogP contribution in [0.4, 0.5) is 4.39 Å². The van der Waals surface area contributed by atoms with Crippen LogP contribution in [0, 0.1) is 0 Å². The minimum atomic E-state index is -0.494. The van der Waals surface area contributed by atoms with Crippen LogP contribution in [0.15, 0.2) is 11.6 Å². The maximum Gasteiger partial charge on any atom is 0.247 e. The molecule has 0 spiro atoms. The monoisotopic (exact) mass is 189 g/mol. The van der Waals surface area contributed by atoms with Crippen molar-refractivity contribution in [1.29, 1.82) is 0 Å². The molecule has 1 aliphatic rings. The average molecular weight is 189 g/mol. The summed E-state index contributed by atoms with van der Waals surface area (Å²) in [5.74, 6) is 1.73. The zero-order valence-electron chi connectivity index (χ0n) is 6.81. The fraction of sp³-hybridized carbons (Fsp3) is 0.625. The van der Waals surface area contributed by atoms with Crippen LogP contribution in [0.25, 0.3) is 0 Å². The molecule has 4 heteroatoms. The molecule has 1 amide bonds. The average Bonchev–Trinajstić information content (AvgIpc) is 2.15. The summed E-state index contributed by atoms with van der Waals surface area (Å²) in [6.45, 7) is -0.368. The third kappa shape index (κ3) is 2.85. The largest absolute Gasteiger partial charge is 0.350 e. The van der Waals surface area contributed by atoms with Gasteiger partial charge in [0.1, 0.15) is 6.67 Å².